The van der Waals surface area contributed by atoms with Crippen molar-refractivity contribution in [2.45, 2.75) is 33.4 Å². The predicted octanol–water partition coefficient (Wildman–Crippen LogP) is 2.87. The third kappa shape index (κ3) is 4.64. The van der Waals surface area contributed by atoms with Crippen molar-refractivity contribution < 1.29 is 9.15 Å². The van der Waals surface area contributed by atoms with Crippen LogP contribution in [0.2, 0.25) is 0 Å². The molecule has 0 aromatic carbocycles. The van der Waals surface area contributed by atoms with Gasteiger partial charge in [0.15, 0.2) is 0 Å². The van der Waals surface area contributed by atoms with Crippen LogP contribution in [0.15, 0.2) is 28.9 Å². The Labute approximate surface area is 97.5 Å². The fourth-order valence-corrected chi connectivity index (χ4v) is 1.37. The summed E-state index contributed by atoms with van der Waals surface area (Å²) in [6.45, 7) is 7.20. The zero-order valence-electron chi connectivity index (χ0n) is 10.2. The molecule has 1 N–H and O–H groups in total. The number of hydrogen-bond acceptors (Lipinski definition) is 3. The molecule has 0 saturated heterocycles. The first-order valence-corrected chi connectivity index (χ1v) is 5.83. The highest BCUT2D eigenvalue weighted by Crippen LogP contribution is 2.11. The molecular formula is C13H21NO2. The van der Waals surface area contributed by atoms with Crippen LogP contribution in [-0.2, 0) is 17.9 Å². The summed E-state index contributed by atoms with van der Waals surface area (Å²) in [4.78, 5) is 0. The minimum atomic E-state index is 0.542. The molecule has 0 saturated carbocycles. The van der Waals surface area contributed by atoms with Gasteiger partial charge in [0.25, 0.3) is 0 Å². The van der Waals surface area contributed by atoms with Gasteiger partial charge in [-0.25, -0.2) is 0 Å². The van der Waals surface area contributed by atoms with E-state index in [4.69, 9.17) is 9.15 Å². The lowest BCUT2D eigenvalue weighted by Crippen LogP contribution is -2.14. The topological polar surface area (TPSA) is 34.4 Å². The van der Waals surface area contributed by atoms with Crippen molar-refractivity contribution in [3.63, 3.8) is 0 Å². The molecule has 16 heavy (non-hydrogen) atoms. The van der Waals surface area contributed by atoms with Gasteiger partial charge in [-0.1, -0.05) is 19.1 Å². The zero-order valence-corrected chi connectivity index (χ0v) is 10.2. The summed E-state index contributed by atoms with van der Waals surface area (Å²) >= 11 is 0. The van der Waals surface area contributed by atoms with Crippen molar-refractivity contribution in [1.82, 2.24) is 5.32 Å². The van der Waals surface area contributed by atoms with Crippen LogP contribution in [0.3, 0.4) is 0 Å². The first-order valence-electron chi connectivity index (χ1n) is 5.83. The van der Waals surface area contributed by atoms with E-state index < -0.39 is 0 Å². The molecule has 0 spiro atoms. The Bertz CT molecular complexity index is 305. The molecule has 0 aliphatic heterocycles. The predicted molar refractivity (Wildman–Crippen MR) is 65.2 cm³/mol. The first-order chi connectivity index (χ1) is 7.88. The molecule has 0 atom stereocenters. The lowest BCUT2D eigenvalue weighted by atomic mass is 10.2. The maximum Gasteiger partial charge on any atom is 0.133 e. The number of furan rings is 1. The molecular weight excluding hydrogens is 202 g/mol. The van der Waals surface area contributed by atoms with Crippen LogP contribution in [0.25, 0.3) is 0 Å². The highest BCUT2D eigenvalue weighted by Gasteiger charge is 2.05. The molecule has 0 amide bonds. The minimum Gasteiger partial charge on any atom is -0.467 e. The fraction of sp³-hybridized carbons (Fsp3) is 0.538. The Hall–Kier alpha value is -1.06. The van der Waals surface area contributed by atoms with Crippen molar-refractivity contribution in [2.24, 2.45) is 0 Å². The number of allylic oxidation sites excluding steroid dienone is 1. The molecule has 1 rings (SSSR count). The van der Waals surface area contributed by atoms with Crippen LogP contribution in [0, 0.1) is 0 Å². The van der Waals surface area contributed by atoms with Crippen molar-refractivity contribution >= 4 is 0 Å². The largest absolute Gasteiger partial charge is 0.467 e. The summed E-state index contributed by atoms with van der Waals surface area (Å²) < 4.78 is 10.8. The monoisotopic (exact) mass is 223 g/mol. The molecule has 90 valence electrons. The van der Waals surface area contributed by atoms with Crippen LogP contribution < -0.4 is 5.32 Å². The van der Waals surface area contributed by atoms with E-state index in [1.54, 1.807) is 6.26 Å². The third-order valence-corrected chi connectivity index (χ3v) is 2.26. The number of nitrogens with one attached hydrogen (secondary N) is 1. The van der Waals surface area contributed by atoms with E-state index >= 15 is 0 Å². The molecule has 0 bridgehead atoms. The van der Waals surface area contributed by atoms with Gasteiger partial charge < -0.3 is 14.5 Å². The quantitative estimate of drug-likeness (QED) is 0.543. The molecule has 0 aliphatic rings. The summed E-state index contributed by atoms with van der Waals surface area (Å²) in [6, 6.07) is 2.00. The molecule has 0 fully saturated rings. The fourth-order valence-electron chi connectivity index (χ4n) is 1.37. The zero-order chi connectivity index (χ0) is 11.6. The number of hydrogen-bond donors (Lipinski definition) is 1. The molecule has 1 aromatic rings. The lowest BCUT2D eigenvalue weighted by Gasteiger charge is -2.04. The second kappa shape index (κ2) is 8.13. The minimum absolute atomic E-state index is 0.542. The van der Waals surface area contributed by atoms with Crippen molar-refractivity contribution in [3.8, 4) is 0 Å². The van der Waals surface area contributed by atoms with Gasteiger partial charge in [-0.3, -0.25) is 0 Å². The molecule has 3 heteroatoms. The van der Waals surface area contributed by atoms with Crippen LogP contribution >= 0.6 is 0 Å². The summed E-state index contributed by atoms with van der Waals surface area (Å²) in [6.07, 6.45) is 6.83. The second-order valence-corrected chi connectivity index (χ2v) is 3.63. The van der Waals surface area contributed by atoms with E-state index in [2.05, 4.69) is 12.2 Å². The van der Waals surface area contributed by atoms with Crippen molar-refractivity contribution in [1.29, 1.82) is 0 Å². The Balaban J connectivity index is 2.32. The number of rotatable bonds is 8. The Morgan fingerprint density at radius 3 is 3.12 bits per heavy atom. The van der Waals surface area contributed by atoms with E-state index in [0.29, 0.717) is 13.2 Å². The molecule has 3 nitrogen and oxygen atoms in total. The van der Waals surface area contributed by atoms with Crippen LogP contribution in [0.5, 0.6) is 0 Å². The Morgan fingerprint density at radius 1 is 1.50 bits per heavy atom. The van der Waals surface area contributed by atoms with Gasteiger partial charge in [-0.15, -0.1) is 0 Å². The SMILES string of the molecule is CC=CCOCc1occc1CNCCC. The van der Waals surface area contributed by atoms with Gasteiger partial charge in [0.1, 0.15) is 12.4 Å². The molecule has 1 heterocycles. The van der Waals surface area contributed by atoms with Gasteiger partial charge in [-0.05, 0) is 26.0 Å². The third-order valence-electron chi connectivity index (χ3n) is 2.26. The van der Waals surface area contributed by atoms with Gasteiger partial charge in [0.2, 0.25) is 0 Å². The highest BCUT2D eigenvalue weighted by atomic mass is 16.5. The molecule has 0 radical (unpaired) electrons. The second-order valence-electron chi connectivity index (χ2n) is 3.63. The average molecular weight is 223 g/mol. The normalized spacial score (nSPS) is 11.4. The first kappa shape index (κ1) is 13.0. The maximum absolute atomic E-state index is 5.46. The van der Waals surface area contributed by atoms with E-state index in [-0.39, 0.29) is 0 Å². The van der Waals surface area contributed by atoms with Gasteiger partial charge in [-0.2, -0.15) is 0 Å². The van der Waals surface area contributed by atoms with Crippen molar-refractivity contribution in [3.05, 3.63) is 35.8 Å². The van der Waals surface area contributed by atoms with Crippen LogP contribution in [0.4, 0.5) is 0 Å². The number of ether oxygens (including phenoxy) is 1. The lowest BCUT2D eigenvalue weighted by molar-refractivity contribution is 0.130. The van der Waals surface area contributed by atoms with Gasteiger partial charge in [0.05, 0.1) is 12.9 Å². The van der Waals surface area contributed by atoms with Gasteiger partial charge in [0, 0.05) is 12.1 Å². The van der Waals surface area contributed by atoms with Crippen LogP contribution in [-0.4, -0.2) is 13.2 Å². The smallest absolute Gasteiger partial charge is 0.133 e. The van der Waals surface area contributed by atoms with E-state index in [9.17, 15) is 0 Å². The maximum atomic E-state index is 5.46. The van der Waals surface area contributed by atoms with Gasteiger partial charge >= 0.3 is 0 Å². The van der Waals surface area contributed by atoms with E-state index in [1.165, 1.54) is 5.56 Å². The molecule has 1 aromatic heterocycles. The van der Waals surface area contributed by atoms with E-state index in [0.717, 1.165) is 25.3 Å². The Morgan fingerprint density at radius 2 is 2.38 bits per heavy atom. The summed E-state index contributed by atoms with van der Waals surface area (Å²) in [7, 11) is 0. The van der Waals surface area contributed by atoms with Crippen molar-refractivity contribution in [2.75, 3.05) is 13.2 Å². The van der Waals surface area contributed by atoms with E-state index in [1.807, 2.05) is 25.1 Å². The standard InChI is InChI=1S/C13H21NO2/c1-3-5-8-15-11-13-12(6-9-16-13)10-14-7-4-2/h3,5-6,9,14H,4,7-8,10-11H2,1-2H3. The average Bonchev–Trinajstić information content (AvgIpc) is 2.73. The Kier molecular flexibility index (Phi) is 6.61. The summed E-state index contributed by atoms with van der Waals surface area (Å²) in [5, 5.41) is 3.35. The highest BCUT2D eigenvalue weighted by molar-refractivity contribution is 5.16. The molecule has 0 aliphatic carbocycles. The molecule has 0 unspecified atom stereocenters. The van der Waals surface area contributed by atoms with Crippen LogP contribution in [0.1, 0.15) is 31.6 Å². The summed E-state index contributed by atoms with van der Waals surface area (Å²) in [5.41, 5.74) is 1.19. The summed E-state index contributed by atoms with van der Waals surface area (Å²) in [5.74, 6) is 0.924.